The van der Waals surface area contributed by atoms with Crippen molar-refractivity contribution in [2.75, 3.05) is 20.3 Å². The van der Waals surface area contributed by atoms with Gasteiger partial charge in [0.05, 0.1) is 12.5 Å². The van der Waals surface area contributed by atoms with Gasteiger partial charge in [-0.15, -0.1) is 6.58 Å². The molecule has 0 heterocycles. The van der Waals surface area contributed by atoms with Crippen LogP contribution in [-0.2, 0) is 27.1 Å². The Balaban J connectivity index is 2.60. The summed E-state index contributed by atoms with van der Waals surface area (Å²) in [5.74, 6) is -0.211. The van der Waals surface area contributed by atoms with Gasteiger partial charge >= 0.3 is 5.97 Å². The van der Waals surface area contributed by atoms with Crippen LogP contribution in [0.15, 0.2) is 30.9 Å². The molecule has 1 N–H and O–H groups in total. The number of hydrogen-bond acceptors (Lipinski definition) is 4. The molecule has 0 spiro atoms. The van der Waals surface area contributed by atoms with E-state index in [0.717, 1.165) is 11.1 Å². The number of benzene rings is 1. The summed E-state index contributed by atoms with van der Waals surface area (Å²) in [7, 11) is 1.56. The Morgan fingerprint density at radius 1 is 1.45 bits per heavy atom. The lowest BCUT2D eigenvalue weighted by Crippen LogP contribution is -2.19. The molecule has 1 rings (SSSR count). The first-order chi connectivity index (χ1) is 9.58. The molecule has 0 bridgehead atoms. The van der Waals surface area contributed by atoms with E-state index in [1.165, 1.54) is 0 Å². The van der Waals surface area contributed by atoms with Crippen molar-refractivity contribution in [1.29, 1.82) is 0 Å². The summed E-state index contributed by atoms with van der Waals surface area (Å²) >= 11 is 0. The predicted octanol–water partition coefficient (Wildman–Crippen LogP) is 2.49. The van der Waals surface area contributed by atoms with E-state index in [2.05, 4.69) is 6.58 Å². The fraction of sp³-hybridized carbons (Fsp3) is 0.438. The second-order valence-electron chi connectivity index (χ2n) is 4.72. The van der Waals surface area contributed by atoms with Gasteiger partial charge in [-0.05, 0) is 30.0 Å². The van der Waals surface area contributed by atoms with Crippen LogP contribution in [0.4, 0.5) is 0 Å². The van der Waals surface area contributed by atoms with Gasteiger partial charge in [0.25, 0.3) is 0 Å². The number of hydrogen-bond donors (Lipinski definition) is 1. The summed E-state index contributed by atoms with van der Waals surface area (Å²) in [5, 5.41) is 9.70. The summed E-state index contributed by atoms with van der Waals surface area (Å²) in [6, 6.07) is 5.37. The van der Waals surface area contributed by atoms with Gasteiger partial charge in [0.2, 0.25) is 0 Å². The molecule has 1 atom stereocenters. The molecule has 0 radical (unpaired) electrons. The Labute approximate surface area is 120 Å². The number of carbonyl (C=O) groups excluding carboxylic acids is 1. The van der Waals surface area contributed by atoms with E-state index in [1.54, 1.807) is 19.3 Å². The maximum atomic E-state index is 11.8. The van der Waals surface area contributed by atoms with Crippen LogP contribution in [0.2, 0.25) is 0 Å². The number of ether oxygens (including phenoxy) is 2. The van der Waals surface area contributed by atoms with Crippen LogP contribution < -0.4 is 0 Å². The highest BCUT2D eigenvalue weighted by molar-refractivity contribution is 5.72. The van der Waals surface area contributed by atoms with Crippen LogP contribution >= 0.6 is 0 Å². The number of aromatic hydroxyl groups is 1. The van der Waals surface area contributed by atoms with E-state index in [4.69, 9.17) is 9.47 Å². The minimum absolute atomic E-state index is 0.229. The number of rotatable bonds is 8. The lowest BCUT2D eigenvalue weighted by atomic mass is 9.98. The fourth-order valence-corrected chi connectivity index (χ4v) is 1.89. The third-order valence-corrected chi connectivity index (χ3v) is 2.98. The Bertz CT molecular complexity index is 454. The molecule has 0 aliphatic heterocycles. The first-order valence-electron chi connectivity index (χ1n) is 6.65. The molecule has 110 valence electrons. The van der Waals surface area contributed by atoms with Crippen molar-refractivity contribution in [3.05, 3.63) is 42.0 Å². The topological polar surface area (TPSA) is 55.8 Å². The summed E-state index contributed by atoms with van der Waals surface area (Å²) in [6.07, 6.45) is 2.92. The van der Waals surface area contributed by atoms with Gasteiger partial charge in [-0.1, -0.05) is 25.1 Å². The van der Waals surface area contributed by atoms with Gasteiger partial charge in [0.15, 0.2) is 0 Å². The quantitative estimate of drug-likeness (QED) is 0.451. The molecule has 1 aromatic carbocycles. The summed E-state index contributed by atoms with van der Waals surface area (Å²) in [6.45, 7) is 6.17. The molecule has 0 aliphatic rings. The predicted molar refractivity (Wildman–Crippen MR) is 77.7 cm³/mol. The summed E-state index contributed by atoms with van der Waals surface area (Å²) in [5.41, 5.74) is 1.81. The van der Waals surface area contributed by atoms with Crippen LogP contribution in [-0.4, -0.2) is 31.4 Å². The van der Waals surface area contributed by atoms with Crippen LogP contribution in [0.25, 0.3) is 0 Å². The molecule has 4 heteroatoms. The van der Waals surface area contributed by atoms with E-state index in [0.29, 0.717) is 19.4 Å². The molecule has 1 aromatic rings. The molecule has 0 aliphatic carbocycles. The number of phenols is 1. The lowest BCUT2D eigenvalue weighted by molar-refractivity contribution is -0.149. The molecular weight excluding hydrogens is 256 g/mol. The molecule has 4 nitrogen and oxygen atoms in total. The maximum Gasteiger partial charge on any atom is 0.309 e. The van der Waals surface area contributed by atoms with Crippen LogP contribution in [0.5, 0.6) is 5.75 Å². The maximum absolute atomic E-state index is 11.8. The average molecular weight is 278 g/mol. The van der Waals surface area contributed by atoms with Crippen molar-refractivity contribution in [2.45, 2.75) is 19.8 Å². The number of phenolic OH excluding ortho intramolecular Hbond substituents is 1. The van der Waals surface area contributed by atoms with E-state index in [-0.39, 0.29) is 24.2 Å². The summed E-state index contributed by atoms with van der Waals surface area (Å²) in [4.78, 5) is 11.8. The normalized spacial score (nSPS) is 11.9. The van der Waals surface area contributed by atoms with E-state index in [1.807, 2.05) is 19.1 Å². The fourth-order valence-electron chi connectivity index (χ4n) is 1.89. The minimum Gasteiger partial charge on any atom is -0.508 e. The molecule has 0 saturated carbocycles. The smallest absolute Gasteiger partial charge is 0.309 e. The highest BCUT2D eigenvalue weighted by Gasteiger charge is 2.15. The van der Waals surface area contributed by atoms with E-state index < -0.39 is 0 Å². The van der Waals surface area contributed by atoms with Gasteiger partial charge < -0.3 is 14.6 Å². The monoisotopic (exact) mass is 278 g/mol. The molecular formula is C16H22O4. The van der Waals surface area contributed by atoms with Crippen molar-refractivity contribution in [1.82, 2.24) is 0 Å². The van der Waals surface area contributed by atoms with Gasteiger partial charge in [-0.3, -0.25) is 4.79 Å². The largest absolute Gasteiger partial charge is 0.508 e. The minimum atomic E-state index is -0.236. The molecule has 20 heavy (non-hydrogen) atoms. The number of esters is 1. The number of allylic oxidation sites excluding steroid dienone is 1. The van der Waals surface area contributed by atoms with Crippen molar-refractivity contribution in [2.24, 2.45) is 5.92 Å². The first-order valence-corrected chi connectivity index (χ1v) is 6.65. The number of carbonyl (C=O) groups is 1. The molecule has 1 unspecified atom stereocenters. The molecule has 0 aromatic heterocycles. The van der Waals surface area contributed by atoms with Gasteiger partial charge in [0, 0.05) is 7.11 Å². The Hall–Kier alpha value is -1.81. The van der Waals surface area contributed by atoms with Crippen LogP contribution in [0.3, 0.4) is 0 Å². The standard InChI is InChI=1S/C16H22O4/c1-4-5-14-11-13(6-7-15(14)17)10-12(2)16(18)20-9-8-19-3/h4,6-7,11-12,17H,1,5,8-10H2,2-3H3. The van der Waals surface area contributed by atoms with Crippen LogP contribution in [0, 0.1) is 5.92 Å². The van der Waals surface area contributed by atoms with Crippen molar-refractivity contribution in [3.8, 4) is 5.75 Å². The SMILES string of the molecule is C=CCc1cc(CC(C)C(=O)OCCOC)ccc1O. The third-order valence-electron chi connectivity index (χ3n) is 2.98. The zero-order valence-corrected chi connectivity index (χ0v) is 12.1. The lowest BCUT2D eigenvalue weighted by Gasteiger charge is -2.12. The van der Waals surface area contributed by atoms with Gasteiger partial charge in [-0.2, -0.15) is 0 Å². The van der Waals surface area contributed by atoms with E-state index >= 15 is 0 Å². The molecule has 0 saturated heterocycles. The number of methoxy groups -OCH3 is 1. The zero-order valence-electron chi connectivity index (χ0n) is 12.1. The highest BCUT2D eigenvalue weighted by Crippen LogP contribution is 2.21. The molecule has 0 fully saturated rings. The zero-order chi connectivity index (χ0) is 15.0. The van der Waals surface area contributed by atoms with Gasteiger partial charge in [0.1, 0.15) is 12.4 Å². The van der Waals surface area contributed by atoms with E-state index in [9.17, 15) is 9.90 Å². The van der Waals surface area contributed by atoms with Crippen LogP contribution in [0.1, 0.15) is 18.1 Å². The Kier molecular flexibility index (Phi) is 6.81. The van der Waals surface area contributed by atoms with Crippen molar-refractivity contribution >= 4 is 5.97 Å². The van der Waals surface area contributed by atoms with Crippen molar-refractivity contribution < 1.29 is 19.4 Å². The first kappa shape index (κ1) is 16.2. The molecule has 0 amide bonds. The third kappa shape index (κ3) is 5.05. The Morgan fingerprint density at radius 2 is 2.20 bits per heavy atom. The van der Waals surface area contributed by atoms with Crippen molar-refractivity contribution in [3.63, 3.8) is 0 Å². The second-order valence-corrected chi connectivity index (χ2v) is 4.72. The highest BCUT2D eigenvalue weighted by atomic mass is 16.6. The summed E-state index contributed by atoms with van der Waals surface area (Å²) < 4.78 is 9.92. The Morgan fingerprint density at radius 3 is 2.85 bits per heavy atom. The average Bonchev–Trinajstić information content (AvgIpc) is 2.43. The second kappa shape index (κ2) is 8.38. The van der Waals surface area contributed by atoms with Gasteiger partial charge in [-0.25, -0.2) is 0 Å².